The summed E-state index contributed by atoms with van der Waals surface area (Å²) >= 11 is 0. The second-order valence-corrected chi connectivity index (χ2v) is 5.12. The van der Waals surface area contributed by atoms with Crippen molar-refractivity contribution in [2.24, 2.45) is 0 Å². The van der Waals surface area contributed by atoms with E-state index in [-0.39, 0.29) is 23.6 Å². The van der Waals surface area contributed by atoms with E-state index in [0.29, 0.717) is 0 Å². The van der Waals surface area contributed by atoms with Gasteiger partial charge in [-0.3, -0.25) is 0 Å². The smallest absolute Gasteiger partial charge is 0.425 e. The van der Waals surface area contributed by atoms with Crippen LogP contribution in [0.15, 0.2) is 48.5 Å². The molecule has 7 heteroatoms. The maximum absolute atomic E-state index is 12.7. The number of carbonyl (C=O) groups is 1. The summed E-state index contributed by atoms with van der Waals surface area (Å²) < 4.78 is 47.9. The van der Waals surface area contributed by atoms with Crippen LogP contribution in [-0.4, -0.2) is 18.2 Å². The molecule has 2 aromatic carbocycles. The van der Waals surface area contributed by atoms with Gasteiger partial charge in [0.25, 0.3) is 0 Å². The molecule has 128 valence electrons. The van der Waals surface area contributed by atoms with E-state index in [9.17, 15) is 18.0 Å². The average molecular weight is 339 g/mol. The molecule has 0 aliphatic heterocycles. The van der Waals surface area contributed by atoms with Gasteiger partial charge in [0.05, 0.1) is 0 Å². The van der Waals surface area contributed by atoms with Crippen LogP contribution in [0.3, 0.4) is 0 Å². The Morgan fingerprint density at radius 1 is 1.17 bits per heavy atom. The topological polar surface area (TPSA) is 61.5 Å². The van der Waals surface area contributed by atoms with Crippen LogP contribution in [0, 0.1) is 0 Å². The Hall–Kier alpha value is -2.70. The van der Waals surface area contributed by atoms with Gasteiger partial charge in [0.2, 0.25) is 0 Å². The van der Waals surface area contributed by atoms with E-state index >= 15 is 0 Å². The minimum atomic E-state index is -4.55. The molecule has 0 saturated heterocycles. The molecule has 2 aromatic rings. The first-order valence-electron chi connectivity index (χ1n) is 7.11. The maximum atomic E-state index is 12.7. The molecule has 1 atom stereocenters. The molecular weight excluding hydrogens is 323 g/mol. The predicted octanol–water partition coefficient (Wildman–Crippen LogP) is 3.96. The SMILES string of the molecule is CC(Oc1ccc(N)cc1C(=O)OCc1ccccc1)C(F)(F)F. The Labute approximate surface area is 137 Å². The van der Waals surface area contributed by atoms with Crippen molar-refractivity contribution in [2.45, 2.75) is 25.8 Å². The second-order valence-electron chi connectivity index (χ2n) is 5.12. The third-order valence-corrected chi connectivity index (χ3v) is 3.20. The fraction of sp³-hybridized carbons (Fsp3) is 0.235. The molecule has 0 spiro atoms. The van der Waals surface area contributed by atoms with Crippen molar-refractivity contribution in [3.05, 3.63) is 59.7 Å². The van der Waals surface area contributed by atoms with Gasteiger partial charge in [0.1, 0.15) is 17.9 Å². The highest BCUT2D eigenvalue weighted by Crippen LogP contribution is 2.29. The van der Waals surface area contributed by atoms with Gasteiger partial charge in [-0.2, -0.15) is 13.2 Å². The zero-order valence-electron chi connectivity index (χ0n) is 12.8. The molecule has 0 radical (unpaired) electrons. The number of nitrogens with two attached hydrogens (primary N) is 1. The zero-order chi connectivity index (χ0) is 17.7. The second kappa shape index (κ2) is 7.25. The Kier molecular flexibility index (Phi) is 5.33. The minimum Gasteiger partial charge on any atom is -0.480 e. The fourth-order valence-corrected chi connectivity index (χ4v) is 1.87. The Morgan fingerprint density at radius 2 is 1.83 bits per heavy atom. The number of hydrogen-bond acceptors (Lipinski definition) is 4. The fourth-order valence-electron chi connectivity index (χ4n) is 1.87. The number of benzene rings is 2. The first-order valence-corrected chi connectivity index (χ1v) is 7.11. The van der Waals surface area contributed by atoms with Crippen molar-refractivity contribution in [1.82, 2.24) is 0 Å². The number of rotatable bonds is 5. The van der Waals surface area contributed by atoms with Crippen molar-refractivity contribution < 1.29 is 27.4 Å². The van der Waals surface area contributed by atoms with Gasteiger partial charge >= 0.3 is 12.1 Å². The number of esters is 1. The van der Waals surface area contributed by atoms with Gasteiger partial charge in [-0.25, -0.2) is 4.79 Å². The lowest BCUT2D eigenvalue weighted by Crippen LogP contribution is -2.31. The van der Waals surface area contributed by atoms with Crippen molar-refractivity contribution in [3.8, 4) is 5.75 Å². The van der Waals surface area contributed by atoms with E-state index in [1.165, 1.54) is 18.2 Å². The standard InChI is InChI=1S/C17H16F3NO3/c1-11(17(18,19)20)24-15-8-7-13(21)9-14(15)16(22)23-10-12-5-3-2-4-6-12/h2-9,11H,10,21H2,1H3. The Balaban J connectivity index is 2.15. The van der Waals surface area contributed by atoms with Crippen LogP contribution in [0.1, 0.15) is 22.8 Å². The number of alkyl halides is 3. The molecular formula is C17H16F3NO3. The lowest BCUT2D eigenvalue weighted by atomic mass is 10.1. The lowest BCUT2D eigenvalue weighted by molar-refractivity contribution is -0.189. The van der Waals surface area contributed by atoms with Crippen LogP contribution < -0.4 is 10.5 Å². The third-order valence-electron chi connectivity index (χ3n) is 3.20. The molecule has 0 amide bonds. The number of halogens is 3. The van der Waals surface area contributed by atoms with Gasteiger partial charge < -0.3 is 15.2 Å². The predicted molar refractivity (Wildman–Crippen MR) is 82.6 cm³/mol. The van der Waals surface area contributed by atoms with Crippen molar-refractivity contribution >= 4 is 11.7 Å². The quantitative estimate of drug-likeness (QED) is 0.662. The summed E-state index contributed by atoms with van der Waals surface area (Å²) in [6, 6.07) is 12.7. The summed E-state index contributed by atoms with van der Waals surface area (Å²) in [4.78, 5) is 12.2. The van der Waals surface area contributed by atoms with E-state index in [2.05, 4.69) is 0 Å². The number of anilines is 1. The molecule has 0 heterocycles. The molecule has 1 unspecified atom stereocenters. The summed E-state index contributed by atoms with van der Waals surface area (Å²) in [5.74, 6) is -1.04. The normalized spacial score (nSPS) is 12.5. The molecule has 24 heavy (non-hydrogen) atoms. The summed E-state index contributed by atoms with van der Waals surface area (Å²) in [5, 5.41) is 0. The number of hydrogen-bond donors (Lipinski definition) is 1. The van der Waals surface area contributed by atoms with Gasteiger partial charge in [-0.1, -0.05) is 30.3 Å². The van der Waals surface area contributed by atoms with Crippen LogP contribution in [0.2, 0.25) is 0 Å². The summed E-state index contributed by atoms with van der Waals surface area (Å²) in [6.07, 6.45) is -6.62. The molecule has 0 fully saturated rings. The van der Waals surface area contributed by atoms with E-state index in [4.69, 9.17) is 15.2 Å². The highest BCUT2D eigenvalue weighted by atomic mass is 19.4. The molecule has 0 aliphatic carbocycles. The van der Waals surface area contributed by atoms with Crippen LogP contribution in [0.5, 0.6) is 5.75 Å². The minimum absolute atomic E-state index is 0.0112. The monoisotopic (exact) mass is 339 g/mol. The molecule has 0 aromatic heterocycles. The van der Waals surface area contributed by atoms with Crippen molar-refractivity contribution in [3.63, 3.8) is 0 Å². The van der Waals surface area contributed by atoms with Crippen molar-refractivity contribution in [2.75, 3.05) is 5.73 Å². The molecule has 4 nitrogen and oxygen atoms in total. The molecule has 2 rings (SSSR count). The molecule has 0 bridgehead atoms. The first-order chi connectivity index (χ1) is 11.3. The van der Waals surface area contributed by atoms with Crippen LogP contribution >= 0.6 is 0 Å². The van der Waals surface area contributed by atoms with Gasteiger partial charge in [0.15, 0.2) is 6.10 Å². The Morgan fingerprint density at radius 3 is 2.46 bits per heavy atom. The summed E-state index contributed by atoms with van der Waals surface area (Å²) in [7, 11) is 0. The summed E-state index contributed by atoms with van der Waals surface area (Å²) in [5.41, 5.74) is 6.42. The van der Waals surface area contributed by atoms with Gasteiger partial charge in [-0.05, 0) is 30.7 Å². The highest BCUT2D eigenvalue weighted by Gasteiger charge is 2.38. The molecule has 0 aliphatic rings. The highest BCUT2D eigenvalue weighted by molar-refractivity contribution is 5.93. The van der Waals surface area contributed by atoms with Crippen LogP contribution in [-0.2, 0) is 11.3 Å². The number of nitrogen functional groups attached to an aromatic ring is 1. The van der Waals surface area contributed by atoms with E-state index < -0.39 is 18.2 Å². The van der Waals surface area contributed by atoms with Crippen LogP contribution in [0.25, 0.3) is 0 Å². The number of carbonyl (C=O) groups excluding carboxylic acids is 1. The van der Waals surface area contributed by atoms with Crippen LogP contribution in [0.4, 0.5) is 18.9 Å². The lowest BCUT2D eigenvalue weighted by Gasteiger charge is -2.19. The van der Waals surface area contributed by atoms with Crippen molar-refractivity contribution in [1.29, 1.82) is 0 Å². The van der Waals surface area contributed by atoms with E-state index in [1.54, 1.807) is 24.3 Å². The van der Waals surface area contributed by atoms with E-state index in [0.717, 1.165) is 12.5 Å². The third kappa shape index (κ3) is 4.65. The van der Waals surface area contributed by atoms with Gasteiger partial charge in [-0.15, -0.1) is 0 Å². The summed E-state index contributed by atoms with van der Waals surface area (Å²) in [6.45, 7) is 0.845. The zero-order valence-corrected chi connectivity index (χ0v) is 12.8. The molecule has 0 saturated carbocycles. The van der Waals surface area contributed by atoms with E-state index in [1.807, 2.05) is 6.07 Å². The average Bonchev–Trinajstić information content (AvgIpc) is 2.54. The Bertz CT molecular complexity index is 702. The maximum Gasteiger partial charge on any atom is 0.425 e. The molecule has 2 N–H and O–H groups in total. The number of ether oxygens (including phenoxy) is 2. The first kappa shape index (κ1) is 17.7. The largest absolute Gasteiger partial charge is 0.480 e. The van der Waals surface area contributed by atoms with Gasteiger partial charge in [0, 0.05) is 5.69 Å².